The number of aryl methyl sites for hydroxylation is 2. The van der Waals surface area contributed by atoms with E-state index in [0.29, 0.717) is 16.8 Å². The van der Waals surface area contributed by atoms with Crippen molar-refractivity contribution in [3.05, 3.63) is 36.9 Å². The zero-order valence-electron chi connectivity index (χ0n) is 14.8. The van der Waals surface area contributed by atoms with Crippen LogP contribution in [0, 0.1) is 6.92 Å². The lowest BCUT2D eigenvalue weighted by Crippen LogP contribution is -2.38. The summed E-state index contributed by atoms with van der Waals surface area (Å²) in [7, 11) is 0. The molecule has 5 nitrogen and oxygen atoms in total. The molecule has 0 fully saturated rings. The summed E-state index contributed by atoms with van der Waals surface area (Å²) in [6.45, 7) is 8.09. The minimum absolute atomic E-state index is 0.294. The highest BCUT2D eigenvalue weighted by atomic mass is 35.5. The van der Waals surface area contributed by atoms with Crippen molar-refractivity contribution < 1.29 is 5.11 Å². The number of thiazole rings is 1. The fraction of sp³-hybridized carbons (Fsp3) is 0.529. The molecule has 2 heterocycles. The maximum Gasteiger partial charge on any atom is 0.191 e. The van der Waals surface area contributed by atoms with E-state index in [4.69, 9.17) is 11.6 Å². The summed E-state index contributed by atoms with van der Waals surface area (Å²) in [6, 6.07) is 3.63. The monoisotopic (exact) mass is 400 g/mol. The van der Waals surface area contributed by atoms with Crippen LogP contribution in [0.15, 0.2) is 17.1 Å². The van der Waals surface area contributed by atoms with Crippen molar-refractivity contribution in [3.63, 3.8) is 0 Å². The summed E-state index contributed by atoms with van der Waals surface area (Å²) in [6.07, 6.45) is 1.20. The molecule has 1 atom stereocenters. The second-order valence-corrected chi connectivity index (χ2v) is 8.55. The Bertz CT molecular complexity index is 699. The van der Waals surface area contributed by atoms with Crippen molar-refractivity contribution in [3.8, 4) is 0 Å². The van der Waals surface area contributed by atoms with Crippen LogP contribution in [0.3, 0.4) is 0 Å². The van der Waals surface area contributed by atoms with E-state index in [9.17, 15) is 5.11 Å². The van der Waals surface area contributed by atoms with Gasteiger partial charge in [0.05, 0.1) is 21.6 Å². The predicted molar refractivity (Wildman–Crippen MR) is 108 cm³/mol. The van der Waals surface area contributed by atoms with E-state index in [2.05, 4.69) is 34.5 Å². The topological polar surface area (TPSA) is 69.5 Å². The molecule has 2 aromatic heterocycles. The molecule has 0 saturated heterocycles. The Balaban J connectivity index is 1.86. The maximum absolute atomic E-state index is 10.2. The first-order chi connectivity index (χ1) is 12.0. The Labute approximate surface area is 162 Å². The van der Waals surface area contributed by atoms with Gasteiger partial charge in [0, 0.05) is 29.3 Å². The van der Waals surface area contributed by atoms with Crippen molar-refractivity contribution in [1.29, 1.82) is 0 Å². The van der Waals surface area contributed by atoms with Crippen LogP contribution in [0.4, 0.5) is 0 Å². The normalized spacial score (nSPS) is 13.1. The van der Waals surface area contributed by atoms with Gasteiger partial charge in [-0.2, -0.15) is 0 Å². The number of hydrogen-bond donors (Lipinski definition) is 3. The smallest absolute Gasteiger partial charge is 0.191 e. The van der Waals surface area contributed by atoms with Crippen molar-refractivity contribution in [1.82, 2.24) is 15.6 Å². The van der Waals surface area contributed by atoms with E-state index >= 15 is 0 Å². The Morgan fingerprint density at radius 3 is 2.72 bits per heavy atom. The lowest BCUT2D eigenvalue weighted by Gasteiger charge is -2.12. The van der Waals surface area contributed by atoms with Crippen molar-refractivity contribution in [2.24, 2.45) is 4.99 Å². The second-order valence-electron chi connectivity index (χ2n) is 5.52. The molecule has 0 aromatic carbocycles. The zero-order chi connectivity index (χ0) is 18.2. The fourth-order valence-corrected chi connectivity index (χ4v) is 4.39. The van der Waals surface area contributed by atoms with Crippen molar-refractivity contribution in [2.75, 3.05) is 19.6 Å². The summed E-state index contributed by atoms with van der Waals surface area (Å²) < 4.78 is 0.674. The third-order valence-corrected chi connectivity index (χ3v) is 6.00. The summed E-state index contributed by atoms with van der Waals surface area (Å²) in [4.78, 5) is 11.2. The average molecular weight is 401 g/mol. The van der Waals surface area contributed by atoms with Crippen LogP contribution in [0.25, 0.3) is 0 Å². The van der Waals surface area contributed by atoms with E-state index in [1.165, 1.54) is 21.9 Å². The average Bonchev–Trinajstić information content (AvgIpc) is 3.17. The number of halogens is 1. The van der Waals surface area contributed by atoms with E-state index in [-0.39, 0.29) is 0 Å². The summed E-state index contributed by atoms with van der Waals surface area (Å²) in [5, 5.41) is 17.8. The highest BCUT2D eigenvalue weighted by molar-refractivity contribution is 7.16. The molecule has 0 radical (unpaired) electrons. The minimum Gasteiger partial charge on any atom is -0.386 e. The van der Waals surface area contributed by atoms with Crippen LogP contribution in [0.2, 0.25) is 4.34 Å². The zero-order valence-corrected chi connectivity index (χ0v) is 17.2. The first kappa shape index (κ1) is 20.2. The number of thiophene rings is 1. The highest BCUT2D eigenvalue weighted by Gasteiger charge is 2.10. The largest absolute Gasteiger partial charge is 0.386 e. The Morgan fingerprint density at radius 1 is 1.32 bits per heavy atom. The van der Waals surface area contributed by atoms with Gasteiger partial charge in [0.2, 0.25) is 0 Å². The molecule has 0 spiro atoms. The Kier molecular flexibility index (Phi) is 8.15. The van der Waals surface area contributed by atoms with Crippen LogP contribution < -0.4 is 10.6 Å². The fourth-order valence-electron chi connectivity index (χ4n) is 2.33. The summed E-state index contributed by atoms with van der Waals surface area (Å²) in [5.41, 5.74) is 1.19. The number of aliphatic hydroxyl groups excluding tert-OH is 1. The first-order valence-corrected chi connectivity index (χ1v) is 10.4. The first-order valence-electron chi connectivity index (χ1n) is 8.44. The summed E-state index contributed by atoms with van der Waals surface area (Å²) >= 11 is 9.05. The number of rotatable bonds is 8. The molecule has 0 saturated carbocycles. The van der Waals surface area contributed by atoms with Gasteiger partial charge < -0.3 is 15.7 Å². The number of aliphatic hydroxyl groups is 1. The number of aliphatic imine (C=N–C) groups is 1. The molecule has 0 aliphatic rings. The molecule has 8 heteroatoms. The van der Waals surface area contributed by atoms with E-state index < -0.39 is 6.10 Å². The molecule has 0 bridgehead atoms. The van der Waals surface area contributed by atoms with Gasteiger partial charge in [0.25, 0.3) is 0 Å². The molecule has 2 aromatic rings. The van der Waals surface area contributed by atoms with Crippen LogP contribution in [0.1, 0.15) is 40.4 Å². The number of hydrogen-bond acceptors (Lipinski definition) is 5. The predicted octanol–water partition coefficient (Wildman–Crippen LogP) is 3.56. The maximum atomic E-state index is 10.2. The number of aromatic nitrogens is 1. The molecule has 25 heavy (non-hydrogen) atoms. The second kappa shape index (κ2) is 10.1. The molecular formula is C17H25ClN4OS2. The molecule has 0 aliphatic heterocycles. The lowest BCUT2D eigenvalue weighted by molar-refractivity contribution is 0.191. The summed E-state index contributed by atoms with van der Waals surface area (Å²) in [5.74, 6) is 0.702. The van der Waals surface area contributed by atoms with Crippen LogP contribution in [0.5, 0.6) is 0 Å². The Hall–Kier alpha value is -1.15. The van der Waals surface area contributed by atoms with Crippen LogP contribution >= 0.6 is 34.3 Å². The third kappa shape index (κ3) is 6.26. The number of nitrogens with zero attached hydrogens (tertiary/aromatic N) is 2. The molecule has 0 amide bonds. The van der Waals surface area contributed by atoms with Crippen molar-refractivity contribution >= 4 is 40.2 Å². The SMILES string of the molecule is CCNC(=NCC(O)c1ccc(Cl)s1)NCCc1nc(CC)c(C)s1. The lowest BCUT2D eigenvalue weighted by atomic mass is 10.3. The van der Waals surface area contributed by atoms with Gasteiger partial charge in [-0.3, -0.25) is 4.99 Å². The minimum atomic E-state index is -0.637. The van der Waals surface area contributed by atoms with Gasteiger partial charge in [-0.25, -0.2) is 4.98 Å². The van der Waals surface area contributed by atoms with E-state index in [1.54, 1.807) is 17.4 Å². The van der Waals surface area contributed by atoms with Crippen molar-refractivity contribution in [2.45, 2.75) is 39.7 Å². The Morgan fingerprint density at radius 2 is 2.12 bits per heavy atom. The van der Waals surface area contributed by atoms with Gasteiger partial charge in [-0.05, 0) is 32.4 Å². The third-order valence-electron chi connectivity index (χ3n) is 3.59. The van der Waals surface area contributed by atoms with Gasteiger partial charge >= 0.3 is 0 Å². The number of guanidine groups is 1. The van der Waals surface area contributed by atoms with E-state index in [0.717, 1.165) is 35.8 Å². The van der Waals surface area contributed by atoms with Gasteiger partial charge in [-0.15, -0.1) is 22.7 Å². The molecule has 2 rings (SSSR count). The number of nitrogens with one attached hydrogen (secondary N) is 2. The molecule has 3 N–H and O–H groups in total. The quantitative estimate of drug-likeness (QED) is 0.468. The van der Waals surface area contributed by atoms with Crippen LogP contribution in [-0.2, 0) is 12.8 Å². The standard InChI is InChI=1S/C17H25ClN4OS2/c1-4-12-11(3)24-16(22-12)8-9-20-17(19-5-2)21-10-13(23)14-6-7-15(18)25-14/h6-7,13,23H,4-5,8-10H2,1-3H3,(H2,19,20,21). The van der Waals surface area contributed by atoms with Crippen LogP contribution in [-0.4, -0.2) is 35.7 Å². The molecule has 138 valence electrons. The van der Waals surface area contributed by atoms with Gasteiger partial charge in [-0.1, -0.05) is 18.5 Å². The molecule has 1 unspecified atom stereocenters. The van der Waals surface area contributed by atoms with Gasteiger partial charge in [0.1, 0.15) is 6.10 Å². The highest BCUT2D eigenvalue weighted by Crippen LogP contribution is 2.26. The molecular weight excluding hydrogens is 376 g/mol. The molecule has 0 aliphatic carbocycles. The van der Waals surface area contributed by atoms with Gasteiger partial charge in [0.15, 0.2) is 5.96 Å². The van der Waals surface area contributed by atoms with E-state index in [1.807, 2.05) is 13.0 Å².